The fourth-order valence-electron chi connectivity index (χ4n) is 3.06. The molecule has 3 heterocycles. The van der Waals surface area contributed by atoms with Crippen molar-refractivity contribution in [1.82, 2.24) is 14.9 Å². The van der Waals surface area contributed by atoms with Crippen LogP contribution in [0.2, 0.25) is 0 Å². The highest BCUT2D eigenvalue weighted by atomic mass is 16.6. The predicted molar refractivity (Wildman–Crippen MR) is 122 cm³/mol. The lowest BCUT2D eigenvalue weighted by Gasteiger charge is -2.37. The number of ether oxygens (including phenoxy) is 4. The number of hydrogen-bond acceptors (Lipinski definition) is 9. The van der Waals surface area contributed by atoms with E-state index in [0.717, 1.165) is 0 Å². The van der Waals surface area contributed by atoms with E-state index >= 15 is 0 Å². The van der Waals surface area contributed by atoms with Gasteiger partial charge in [0.25, 0.3) is 5.91 Å². The molecule has 1 amide bonds. The van der Waals surface area contributed by atoms with E-state index in [2.05, 4.69) is 9.97 Å². The zero-order valence-corrected chi connectivity index (χ0v) is 17.4. The van der Waals surface area contributed by atoms with Gasteiger partial charge in [-0.2, -0.15) is 4.98 Å². The lowest BCUT2D eigenvalue weighted by atomic mass is 10.2. The highest BCUT2D eigenvalue weighted by molar-refractivity contribution is 5.91. The van der Waals surface area contributed by atoms with Gasteiger partial charge in [-0.1, -0.05) is 12.1 Å². The van der Waals surface area contributed by atoms with Gasteiger partial charge in [-0.25, -0.2) is 4.98 Å². The second-order valence-electron chi connectivity index (χ2n) is 6.64. The molecule has 1 atom stereocenters. The van der Waals surface area contributed by atoms with Crippen LogP contribution in [0.3, 0.4) is 0 Å². The molecule has 0 spiro atoms. The lowest BCUT2D eigenvalue weighted by Crippen LogP contribution is -2.54. The van der Waals surface area contributed by atoms with Crippen molar-refractivity contribution in [1.29, 1.82) is 0 Å². The Labute approximate surface area is 206 Å². The average Bonchev–Trinajstić information content (AvgIpc) is 2.91. The molecule has 2 aliphatic rings. The number of hydrogen-bond donors (Lipinski definition) is 1. The largest absolute Gasteiger partial charge is 0.493 e. The summed E-state index contributed by atoms with van der Waals surface area (Å²) < 4.78 is 116. The van der Waals surface area contributed by atoms with Crippen molar-refractivity contribution in [3.8, 4) is 23.0 Å². The van der Waals surface area contributed by atoms with E-state index in [-0.39, 0.29) is 44.6 Å². The Morgan fingerprint density at radius 2 is 1.82 bits per heavy atom. The van der Waals surface area contributed by atoms with E-state index < -0.39 is 55.4 Å². The fourth-order valence-corrected chi connectivity index (χ4v) is 3.06. The van der Waals surface area contributed by atoms with Crippen LogP contribution < -0.4 is 29.6 Å². The van der Waals surface area contributed by atoms with Gasteiger partial charge in [0.05, 0.1) is 34.8 Å². The first-order valence-corrected chi connectivity index (χ1v) is 9.50. The van der Waals surface area contributed by atoms with Crippen LogP contribution >= 0.6 is 0 Å². The van der Waals surface area contributed by atoms with E-state index in [0.29, 0.717) is 0 Å². The molecule has 2 N–H and O–H groups in total. The van der Waals surface area contributed by atoms with Crippen LogP contribution in [0.15, 0.2) is 36.4 Å². The van der Waals surface area contributed by atoms with Crippen LogP contribution in [-0.4, -0.2) is 73.6 Å². The van der Waals surface area contributed by atoms with E-state index in [9.17, 15) is 4.79 Å². The van der Waals surface area contributed by atoms with Crippen molar-refractivity contribution in [2.75, 3.05) is 57.4 Å². The molecule has 10 heteroatoms. The number of amides is 1. The molecule has 10 nitrogen and oxygen atoms in total. The van der Waals surface area contributed by atoms with Gasteiger partial charge in [-0.15, -0.1) is 0 Å². The number of carbonyl (C=O) groups is 1. The molecule has 5 rings (SSSR count). The summed E-state index contributed by atoms with van der Waals surface area (Å²) in [7, 11) is 2.69. The van der Waals surface area contributed by atoms with Crippen LogP contribution in [0.5, 0.6) is 23.0 Å². The fraction of sp³-hybridized carbons (Fsp3) is 0.348. The third-order valence-corrected chi connectivity index (χ3v) is 4.68. The first-order chi connectivity index (χ1) is 20.2. The summed E-state index contributed by atoms with van der Waals surface area (Å²) in [4.78, 5) is 21.4. The molecule has 1 aromatic heterocycles. The zero-order valence-electron chi connectivity index (χ0n) is 28.4. The standard InChI is InChI=1S/C23H25N5O5/c1-30-18-11-14-15(12-19(18)31-2)25-23(26-21(14)24)28-9-7-27(8-10-28)22(29)20-13-32-16-5-3-4-6-17(16)33-20/h3-6,11-12,20H,7-10,13H2,1-2H3,(H2,24,25,26)/i7D2,8D2,9D2,10D2,13D2,20D. The van der Waals surface area contributed by atoms with Crippen molar-refractivity contribution in [2.45, 2.75) is 6.08 Å². The van der Waals surface area contributed by atoms with Crippen molar-refractivity contribution < 1.29 is 38.8 Å². The van der Waals surface area contributed by atoms with E-state index in [4.69, 9.17) is 39.8 Å². The Balaban J connectivity index is 1.67. The third-order valence-electron chi connectivity index (χ3n) is 4.68. The van der Waals surface area contributed by atoms with Crippen LogP contribution in [0.25, 0.3) is 10.9 Å². The smallest absolute Gasteiger partial charge is 0.267 e. The molecule has 0 saturated carbocycles. The highest BCUT2D eigenvalue weighted by Crippen LogP contribution is 2.34. The summed E-state index contributed by atoms with van der Waals surface area (Å²) in [6.45, 7) is -18.4. The number of nitrogens with two attached hydrogens (primary N) is 1. The maximum Gasteiger partial charge on any atom is 0.267 e. The molecular weight excluding hydrogens is 426 g/mol. The lowest BCUT2D eigenvalue weighted by molar-refractivity contribution is -0.141. The van der Waals surface area contributed by atoms with Crippen molar-refractivity contribution in [3.05, 3.63) is 36.4 Å². The quantitative estimate of drug-likeness (QED) is 0.619. The molecule has 2 aromatic carbocycles. The molecule has 1 saturated heterocycles. The van der Waals surface area contributed by atoms with Crippen molar-refractivity contribution >= 4 is 28.6 Å². The van der Waals surface area contributed by atoms with Gasteiger partial charge in [-0.05, 0) is 18.2 Å². The first-order valence-electron chi connectivity index (χ1n) is 15.0. The minimum atomic E-state index is -3.84. The SMILES string of the molecule is [2H]C1([2H])Oc2ccccc2OC1([2H])C(=O)N1C([2H])([2H])C([2H])([2H])N(c2nc(N)c3cc(OC)c(OC)cc3n2)C([2H])([2H])C1([2H])[2H]. The molecule has 2 aliphatic heterocycles. The monoisotopic (exact) mass is 462 g/mol. The van der Waals surface area contributed by atoms with E-state index in [1.807, 2.05) is 0 Å². The molecule has 33 heavy (non-hydrogen) atoms. The molecule has 1 unspecified atom stereocenters. The van der Waals surface area contributed by atoms with Crippen LogP contribution in [-0.2, 0) is 4.79 Å². The van der Waals surface area contributed by atoms with Crippen molar-refractivity contribution in [3.63, 3.8) is 0 Å². The summed E-state index contributed by atoms with van der Waals surface area (Å²) in [5.41, 5.74) is 6.06. The molecule has 0 aliphatic carbocycles. The number of carbonyl (C=O) groups excluding carboxylic acids is 1. The van der Waals surface area contributed by atoms with E-state index in [1.165, 1.54) is 50.6 Å². The number of para-hydroxylation sites is 2. The summed E-state index contributed by atoms with van der Waals surface area (Å²) in [6, 6.07) is 8.06. The average molecular weight is 463 g/mol. The van der Waals surface area contributed by atoms with Gasteiger partial charge in [0.1, 0.15) is 12.4 Å². The number of nitrogens with zero attached hydrogens (tertiary/aromatic N) is 4. The maximum absolute atomic E-state index is 13.9. The maximum atomic E-state index is 13.9. The van der Waals surface area contributed by atoms with Gasteiger partial charge in [0.15, 0.2) is 23.0 Å². The van der Waals surface area contributed by atoms with Gasteiger partial charge in [-0.3, -0.25) is 4.79 Å². The second kappa shape index (κ2) is 8.53. The number of benzene rings is 2. The molecule has 0 bridgehead atoms. The number of methoxy groups -OCH3 is 2. The number of rotatable bonds is 4. The predicted octanol–water partition coefficient (Wildman–Crippen LogP) is 1.72. The molecule has 172 valence electrons. The zero-order chi connectivity index (χ0) is 32.8. The summed E-state index contributed by atoms with van der Waals surface area (Å²) >= 11 is 0. The van der Waals surface area contributed by atoms with Gasteiger partial charge >= 0.3 is 0 Å². The molecule has 0 radical (unpaired) electrons. The van der Waals surface area contributed by atoms with Crippen LogP contribution in [0.1, 0.15) is 15.1 Å². The van der Waals surface area contributed by atoms with Gasteiger partial charge in [0.2, 0.25) is 12.0 Å². The number of nitrogen functional groups attached to an aromatic ring is 1. The topological polar surface area (TPSA) is 112 Å². The summed E-state index contributed by atoms with van der Waals surface area (Å²) in [5.74, 6) is -3.47. The minimum Gasteiger partial charge on any atom is -0.493 e. The number of aromatic nitrogens is 2. The normalized spacial score (nSPS) is 32.5. The van der Waals surface area contributed by atoms with E-state index in [1.54, 1.807) is 0 Å². The Morgan fingerprint density at radius 3 is 2.55 bits per heavy atom. The summed E-state index contributed by atoms with van der Waals surface area (Å²) in [6.07, 6.45) is -3.56. The van der Waals surface area contributed by atoms with Crippen LogP contribution in [0, 0.1) is 0 Å². The molecule has 1 fully saturated rings. The van der Waals surface area contributed by atoms with Gasteiger partial charge in [0, 0.05) is 37.4 Å². The van der Waals surface area contributed by atoms with Crippen LogP contribution in [0.4, 0.5) is 11.8 Å². The minimum absolute atomic E-state index is 0.0268. The van der Waals surface area contributed by atoms with Gasteiger partial charge < -0.3 is 34.5 Å². The molecule has 3 aromatic rings. The first kappa shape index (κ1) is 11.8. The van der Waals surface area contributed by atoms with Crippen molar-refractivity contribution in [2.24, 2.45) is 0 Å². The highest BCUT2D eigenvalue weighted by Gasteiger charge is 2.33. The number of anilines is 2. The number of fused-ring (bicyclic) bond motifs is 2. The Bertz CT molecular complexity index is 1650. The Morgan fingerprint density at radius 1 is 1.12 bits per heavy atom. The Kier molecular flexibility index (Phi) is 3.05. The third kappa shape index (κ3) is 3.88. The molecular formula is C23H25N5O5. The second-order valence-corrected chi connectivity index (χ2v) is 6.64. The summed E-state index contributed by atoms with van der Waals surface area (Å²) in [5, 5.41) is 0.167. The number of piperazine rings is 1. The Hall–Kier alpha value is -3.95.